The zero-order chi connectivity index (χ0) is 25.1. The van der Waals surface area contributed by atoms with Crippen molar-refractivity contribution in [1.29, 1.82) is 0 Å². The van der Waals surface area contributed by atoms with Crippen LogP contribution in [0.5, 0.6) is 11.5 Å². The van der Waals surface area contributed by atoms with Gasteiger partial charge in [-0.2, -0.15) is 0 Å². The molecule has 0 unspecified atom stereocenters. The topological polar surface area (TPSA) is 71.9 Å². The standard InChI is InChI=1S/C30H30N2O5/c1-3-27-23-7-11-25(12-8-23)36-21-19-34-17-15-33-16-18-35-20-22-37-26-13-9-24(10-14-26)28-4-2-6-30(32-28)29(5-1)31-27/h1-14H,15-22H2. The van der Waals surface area contributed by atoms with Crippen molar-refractivity contribution in [2.75, 3.05) is 52.9 Å². The highest BCUT2D eigenvalue weighted by molar-refractivity contribution is 5.67. The molecule has 0 atom stereocenters. The summed E-state index contributed by atoms with van der Waals surface area (Å²) in [5.74, 6) is 1.58. The van der Waals surface area contributed by atoms with E-state index in [1.165, 1.54) is 0 Å². The van der Waals surface area contributed by atoms with Crippen LogP contribution in [0.3, 0.4) is 0 Å². The lowest BCUT2D eigenvalue weighted by atomic mass is 10.1. The molecule has 2 aromatic heterocycles. The molecule has 0 amide bonds. The summed E-state index contributed by atoms with van der Waals surface area (Å²) < 4.78 is 28.3. The summed E-state index contributed by atoms with van der Waals surface area (Å²) in [7, 11) is 0. The number of benzene rings is 2. The molecule has 0 aliphatic carbocycles. The van der Waals surface area contributed by atoms with Gasteiger partial charge in [0, 0.05) is 11.1 Å². The van der Waals surface area contributed by atoms with Gasteiger partial charge in [0.15, 0.2) is 0 Å². The van der Waals surface area contributed by atoms with Gasteiger partial charge in [0.25, 0.3) is 0 Å². The molecule has 37 heavy (non-hydrogen) atoms. The van der Waals surface area contributed by atoms with Gasteiger partial charge < -0.3 is 23.7 Å². The van der Waals surface area contributed by atoms with E-state index >= 15 is 0 Å². The van der Waals surface area contributed by atoms with Crippen molar-refractivity contribution >= 4 is 0 Å². The Morgan fingerprint density at radius 3 is 1.14 bits per heavy atom. The summed E-state index contributed by atoms with van der Waals surface area (Å²) in [6.07, 6.45) is 0. The van der Waals surface area contributed by atoms with E-state index in [-0.39, 0.29) is 0 Å². The fraction of sp³-hybridized carbons (Fsp3) is 0.267. The Balaban J connectivity index is 1.35. The van der Waals surface area contributed by atoms with Crippen LogP contribution in [0.15, 0.2) is 84.9 Å². The van der Waals surface area contributed by atoms with E-state index in [1.54, 1.807) is 0 Å². The molecule has 2 aromatic carbocycles. The molecule has 0 N–H and O–H groups in total. The average molecular weight is 499 g/mol. The molecule has 0 fully saturated rings. The molecular weight excluding hydrogens is 468 g/mol. The first-order valence-corrected chi connectivity index (χ1v) is 12.5. The molecule has 0 spiro atoms. The number of hydrogen-bond acceptors (Lipinski definition) is 7. The Labute approximate surface area is 217 Å². The Hall–Kier alpha value is -3.78. The smallest absolute Gasteiger partial charge is 0.119 e. The van der Waals surface area contributed by atoms with Crippen molar-refractivity contribution in [1.82, 2.24) is 9.97 Å². The van der Waals surface area contributed by atoms with Gasteiger partial charge in [-0.15, -0.1) is 0 Å². The molecule has 5 heterocycles. The van der Waals surface area contributed by atoms with Gasteiger partial charge in [-0.25, -0.2) is 9.97 Å². The number of hydrogen-bond donors (Lipinski definition) is 0. The number of fused-ring (bicyclic) bond motifs is 2. The van der Waals surface area contributed by atoms with Gasteiger partial charge in [0.2, 0.25) is 0 Å². The van der Waals surface area contributed by atoms with Crippen molar-refractivity contribution in [3.05, 3.63) is 84.9 Å². The van der Waals surface area contributed by atoms with E-state index in [0.29, 0.717) is 52.9 Å². The monoisotopic (exact) mass is 498 g/mol. The first-order chi connectivity index (χ1) is 18.3. The molecule has 0 radical (unpaired) electrons. The second kappa shape index (κ2) is 13.0. The van der Waals surface area contributed by atoms with Crippen molar-refractivity contribution in [2.24, 2.45) is 0 Å². The molecule has 190 valence electrons. The van der Waals surface area contributed by atoms with Crippen LogP contribution in [0.2, 0.25) is 0 Å². The van der Waals surface area contributed by atoms with Gasteiger partial charge >= 0.3 is 0 Å². The summed E-state index contributed by atoms with van der Waals surface area (Å²) in [5.41, 5.74) is 5.41. The van der Waals surface area contributed by atoms with Crippen LogP contribution in [-0.4, -0.2) is 62.8 Å². The van der Waals surface area contributed by atoms with Crippen molar-refractivity contribution in [2.45, 2.75) is 0 Å². The Bertz CT molecular complexity index is 1160. The van der Waals surface area contributed by atoms with Crippen LogP contribution in [0.25, 0.3) is 33.9 Å². The minimum atomic E-state index is 0.472. The minimum absolute atomic E-state index is 0.472. The van der Waals surface area contributed by atoms with E-state index in [1.807, 2.05) is 84.9 Å². The molecule has 0 saturated carbocycles. The van der Waals surface area contributed by atoms with Crippen LogP contribution in [0, 0.1) is 0 Å². The molecule has 4 aromatic rings. The maximum absolute atomic E-state index is 5.79. The quantitative estimate of drug-likeness (QED) is 0.326. The molecule has 8 bridgehead atoms. The number of rotatable bonds is 0. The van der Waals surface area contributed by atoms with Crippen LogP contribution < -0.4 is 9.47 Å². The number of pyridine rings is 2. The van der Waals surface area contributed by atoms with Gasteiger partial charge in [0.05, 0.1) is 62.4 Å². The van der Waals surface area contributed by atoms with Crippen LogP contribution in [0.1, 0.15) is 0 Å². The summed E-state index contributed by atoms with van der Waals surface area (Å²) in [5, 5.41) is 0. The lowest BCUT2D eigenvalue weighted by molar-refractivity contribution is 0.00499. The fourth-order valence-electron chi connectivity index (χ4n) is 3.90. The van der Waals surface area contributed by atoms with Crippen molar-refractivity contribution in [3.8, 4) is 45.4 Å². The third-order valence-corrected chi connectivity index (χ3v) is 5.80. The summed E-state index contributed by atoms with van der Waals surface area (Å²) in [6, 6.07) is 27.8. The van der Waals surface area contributed by atoms with E-state index in [2.05, 4.69) is 0 Å². The van der Waals surface area contributed by atoms with Gasteiger partial charge in [-0.1, -0.05) is 12.1 Å². The van der Waals surface area contributed by atoms with E-state index in [0.717, 1.165) is 45.4 Å². The molecule has 7 heteroatoms. The SMILES string of the molecule is c1cc2nc(c1)-c1cccc(n1)-c1ccc(cc1)OCCOCCOCCOCCOc1ccc-2cc1. The van der Waals surface area contributed by atoms with Crippen LogP contribution in [0.4, 0.5) is 0 Å². The average Bonchev–Trinajstić information content (AvgIpc) is 2.96. The second-order valence-electron chi connectivity index (χ2n) is 8.40. The Morgan fingerprint density at radius 1 is 0.378 bits per heavy atom. The first-order valence-electron chi connectivity index (χ1n) is 12.5. The van der Waals surface area contributed by atoms with E-state index in [4.69, 9.17) is 33.7 Å². The maximum Gasteiger partial charge on any atom is 0.119 e. The summed E-state index contributed by atoms with van der Waals surface area (Å²) in [6.45, 7) is 4.00. The van der Waals surface area contributed by atoms with E-state index < -0.39 is 0 Å². The molecule has 7 nitrogen and oxygen atoms in total. The number of aromatic nitrogens is 2. The maximum atomic E-state index is 5.79. The highest BCUT2D eigenvalue weighted by Crippen LogP contribution is 2.26. The van der Waals surface area contributed by atoms with Crippen LogP contribution >= 0.6 is 0 Å². The lowest BCUT2D eigenvalue weighted by Crippen LogP contribution is -2.14. The third-order valence-electron chi connectivity index (χ3n) is 5.80. The minimum Gasteiger partial charge on any atom is -0.491 e. The Morgan fingerprint density at radius 2 is 0.730 bits per heavy atom. The van der Waals surface area contributed by atoms with E-state index in [9.17, 15) is 0 Å². The number of nitrogens with zero attached hydrogens (tertiary/aromatic N) is 2. The summed E-state index contributed by atoms with van der Waals surface area (Å²) >= 11 is 0. The molecular formula is C30H30N2O5. The number of ether oxygens (including phenoxy) is 5. The van der Waals surface area contributed by atoms with Gasteiger partial charge in [-0.05, 0) is 72.8 Å². The largest absolute Gasteiger partial charge is 0.491 e. The van der Waals surface area contributed by atoms with Crippen molar-refractivity contribution < 1.29 is 23.7 Å². The second-order valence-corrected chi connectivity index (χ2v) is 8.40. The zero-order valence-corrected chi connectivity index (χ0v) is 20.7. The molecule has 0 saturated heterocycles. The zero-order valence-electron chi connectivity index (χ0n) is 20.7. The predicted octanol–water partition coefficient (Wildman–Crippen LogP) is 5.30. The molecule has 3 aliphatic rings. The first kappa shape index (κ1) is 24.9. The summed E-state index contributed by atoms with van der Waals surface area (Å²) in [4.78, 5) is 9.75. The van der Waals surface area contributed by atoms with Crippen molar-refractivity contribution in [3.63, 3.8) is 0 Å². The normalized spacial score (nSPS) is 15.4. The Kier molecular flexibility index (Phi) is 8.72. The third kappa shape index (κ3) is 7.13. The van der Waals surface area contributed by atoms with Crippen LogP contribution in [-0.2, 0) is 14.2 Å². The lowest BCUT2D eigenvalue weighted by Gasteiger charge is -2.09. The molecule has 3 aliphatic heterocycles. The van der Waals surface area contributed by atoms with Gasteiger partial charge in [-0.3, -0.25) is 0 Å². The molecule has 7 rings (SSSR count). The fourth-order valence-corrected chi connectivity index (χ4v) is 3.90. The predicted molar refractivity (Wildman–Crippen MR) is 142 cm³/mol. The van der Waals surface area contributed by atoms with Gasteiger partial charge in [0.1, 0.15) is 24.7 Å². The highest BCUT2D eigenvalue weighted by atomic mass is 16.6. The highest BCUT2D eigenvalue weighted by Gasteiger charge is 2.08.